The van der Waals surface area contributed by atoms with Crippen LogP contribution >= 0.6 is 34.8 Å². The molecule has 0 fully saturated rings. The van der Waals surface area contributed by atoms with Crippen LogP contribution in [0.1, 0.15) is 16.7 Å². The van der Waals surface area contributed by atoms with Crippen molar-refractivity contribution < 1.29 is 4.39 Å². The van der Waals surface area contributed by atoms with Crippen LogP contribution in [0.5, 0.6) is 0 Å². The second kappa shape index (κ2) is 5.93. The second-order valence-corrected chi connectivity index (χ2v) is 6.89. The predicted octanol–water partition coefficient (Wildman–Crippen LogP) is 7.36. The fourth-order valence-corrected chi connectivity index (χ4v) is 3.81. The molecule has 0 nitrogen and oxygen atoms in total. The molecule has 0 aromatic heterocycles. The number of rotatable bonds is 1. The molecule has 0 spiro atoms. The molecule has 0 radical (unpaired) electrons. The molecule has 0 heterocycles. The predicted molar refractivity (Wildman–Crippen MR) is 100 cm³/mol. The topological polar surface area (TPSA) is 0 Å². The zero-order valence-corrected chi connectivity index (χ0v) is 14.6. The van der Waals surface area contributed by atoms with Gasteiger partial charge in [-0.05, 0) is 70.3 Å². The van der Waals surface area contributed by atoms with Gasteiger partial charge >= 0.3 is 0 Å². The van der Waals surface area contributed by atoms with Crippen LogP contribution in [-0.2, 0) is 0 Å². The summed E-state index contributed by atoms with van der Waals surface area (Å²) in [7, 11) is 0. The van der Waals surface area contributed by atoms with Crippen LogP contribution in [0.25, 0.3) is 22.8 Å². The van der Waals surface area contributed by atoms with Crippen molar-refractivity contribution in [1.29, 1.82) is 0 Å². The normalized spacial score (nSPS) is 13.9. The largest absolute Gasteiger partial charge is 0.207 e. The van der Waals surface area contributed by atoms with Gasteiger partial charge in [0.05, 0.1) is 5.02 Å². The molecule has 0 unspecified atom stereocenters. The van der Waals surface area contributed by atoms with Gasteiger partial charge in [0.2, 0.25) is 0 Å². The molecule has 0 amide bonds. The van der Waals surface area contributed by atoms with Gasteiger partial charge < -0.3 is 0 Å². The van der Waals surface area contributed by atoms with Crippen LogP contribution in [-0.4, -0.2) is 0 Å². The van der Waals surface area contributed by atoms with Crippen molar-refractivity contribution in [2.75, 3.05) is 0 Å². The van der Waals surface area contributed by atoms with Gasteiger partial charge in [-0.1, -0.05) is 53.0 Å². The molecule has 118 valence electrons. The van der Waals surface area contributed by atoms with Crippen LogP contribution < -0.4 is 0 Å². The lowest BCUT2D eigenvalue weighted by Gasteiger charge is -2.05. The highest BCUT2D eigenvalue weighted by atomic mass is 35.5. The number of hydrogen-bond donors (Lipinski definition) is 0. The molecule has 0 N–H and O–H groups in total. The van der Waals surface area contributed by atoms with Gasteiger partial charge in [-0.15, -0.1) is 0 Å². The lowest BCUT2D eigenvalue weighted by molar-refractivity contribution is 0.628. The van der Waals surface area contributed by atoms with E-state index in [1.54, 1.807) is 18.2 Å². The average molecular weight is 376 g/mol. The molecule has 0 atom stereocenters. The van der Waals surface area contributed by atoms with Gasteiger partial charge in [0.15, 0.2) is 0 Å². The molecule has 4 heteroatoms. The maximum Gasteiger partial charge on any atom is 0.123 e. The Morgan fingerprint density at radius 3 is 2.17 bits per heavy atom. The third-order valence-electron chi connectivity index (χ3n) is 4.07. The Morgan fingerprint density at radius 2 is 1.42 bits per heavy atom. The van der Waals surface area contributed by atoms with Crippen LogP contribution in [0.3, 0.4) is 0 Å². The van der Waals surface area contributed by atoms with Crippen molar-refractivity contribution in [2.24, 2.45) is 0 Å². The van der Waals surface area contributed by atoms with E-state index < -0.39 is 0 Å². The van der Waals surface area contributed by atoms with Crippen molar-refractivity contribution in [2.45, 2.75) is 0 Å². The first-order chi connectivity index (χ1) is 11.5. The second-order valence-electron chi connectivity index (χ2n) is 5.61. The zero-order valence-electron chi connectivity index (χ0n) is 12.3. The van der Waals surface area contributed by atoms with Crippen LogP contribution in [0.15, 0.2) is 54.6 Å². The summed E-state index contributed by atoms with van der Waals surface area (Å²) < 4.78 is 13.2. The lowest BCUT2D eigenvalue weighted by atomic mass is 10.0. The van der Waals surface area contributed by atoms with Crippen molar-refractivity contribution in [3.8, 4) is 11.1 Å². The Labute approximate surface area is 154 Å². The first-order valence-electron chi connectivity index (χ1n) is 7.30. The summed E-state index contributed by atoms with van der Waals surface area (Å²) >= 11 is 18.8. The van der Waals surface area contributed by atoms with Crippen LogP contribution in [0.4, 0.5) is 4.39 Å². The Kier molecular flexibility index (Phi) is 3.88. The molecule has 4 rings (SSSR count). The highest BCUT2D eigenvalue weighted by Gasteiger charge is 2.26. The van der Waals surface area contributed by atoms with Crippen molar-refractivity contribution in [3.05, 3.63) is 92.2 Å². The summed E-state index contributed by atoms with van der Waals surface area (Å²) in [6.07, 6.45) is 1.99. The maximum atomic E-state index is 13.2. The molecule has 0 saturated carbocycles. The minimum Gasteiger partial charge on any atom is -0.207 e. The summed E-state index contributed by atoms with van der Waals surface area (Å²) in [5, 5.41) is 1.82. The van der Waals surface area contributed by atoms with E-state index in [2.05, 4.69) is 0 Å². The SMILES string of the molecule is Fc1ccc(/C=C2/c3cc(Cl)ccc3-c3c(Cl)cc(Cl)cc32)cc1. The highest BCUT2D eigenvalue weighted by molar-refractivity contribution is 6.38. The van der Waals surface area contributed by atoms with Crippen LogP contribution in [0, 0.1) is 5.82 Å². The molecule has 0 saturated heterocycles. The molecule has 3 aromatic rings. The smallest absolute Gasteiger partial charge is 0.123 e. The zero-order chi connectivity index (χ0) is 16.8. The standard InChI is InChI=1S/C20H10Cl3F/c21-12-3-6-15-17(8-12)16(7-11-1-4-14(24)5-2-11)18-9-13(22)10-19(23)20(15)18/h1-10H/b16-7-. The van der Waals surface area contributed by atoms with E-state index >= 15 is 0 Å². The van der Waals surface area contributed by atoms with E-state index in [-0.39, 0.29) is 5.82 Å². The molecular formula is C20H10Cl3F. The fourth-order valence-electron chi connectivity index (χ4n) is 3.04. The summed E-state index contributed by atoms with van der Waals surface area (Å²) in [6, 6.07) is 15.7. The third-order valence-corrected chi connectivity index (χ3v) is 4.82. The number of hydrogen-bond acceptors (Lipinski definition) is 0. The van der Waals surface area contributed by atoms with Crippen molar-refractivity contribution >= 4 is 46.5 Å². The Hall–Kier alpha value is -1.80. The monoisotopic (exact) mass is 374 g/mol. The van der Waals surface area contributed by atoms with E-state index in [1.165, 1.54) is 12.1 Å². The van der Waals surface area contributed by atoms with E-state index in [0.717, 1.165) is 33.4 Å². The minimum absolute atomic E-state index is 0.265. The van der Waals surface area contributed by atoms with Crippen molar-refractivity contribution in [3.63, 3.8) is 0 Å². The van der Waals surface area contributed by atoms with Crippen LogP contribution in [0.2, 0.25) is 15.1 Å². The lowest BCUT2D eigenvalue weighted by Crippen LogP contribution is -1.84. The van der Waals surface area contributed by atoms with E-state index in [9.17, 15) is 4.39 Å². The quantitative estimate of drug-likeness (QED) is 0.326. The molecule has 1 aliphatic carbocycles. The summed E-state index contributed by atoms with van der Waals surface area (Å²) in [6.45, 7) is 0. The number of halogens is 4. The van der Waals surface area contributed by atoms with Gasteiger partial charge in [0.1, 0.15) is 5.82 Å². The number of benzene rings is 3. The number of fused-ring (bicyclic) bond motifs is 3. The fraction of sp³-hybridized carbons (Fsp3) is 0. The molecule has 0 aliphatic heterocycles. The van der Waals surface area contributed by atoms with E-state index in [1.807, 2.05) is 30.3 Å². The Bertz CT molecular complexity index is 989. The van der Waals surface area contributed by atoms with Gasteiger partial charge in [0, 0.05) is 15.6 Å². The summed E-state index contributed by atoms with van der Waals surface area (Å²) in [5.74, 6) is -0.265. The van der Waals surface area contributed by atoms with E-state index in [0.29, 0.717) is 15.1 Å². The van der Waals surface area contributed by atoms with Crippen molar-refractivity contribution in [1.82, 2.24) is 0 Å². The van der Waals surface area contributed by atoms with Gasteiger partial charge in [-0.2, -0.15) is 0 Å². The first-order valence-corrected chi connectivity index (χ1v) is 8.43. The highest BCUT2D eigenvalue weighted by Crippen LogP contribution is 2.49. The maximum absolute atomic E-state index is 13.2. The molecule has 3 aromatic carbocycles. The molecule has 1 aliphatic rings. The van der Waals surface area contributed by atoms with Gasteiger partial charge in [-0.3, -0.25) is 0 Å². The summed E-state index contributed by atoms with van der Waals surface area (Å²) in [4.78, 5) is 0. The average Bonchev–Trinajstić information content (AvgIpc) is 2.83. The van der Waals surface area contributed by atoms with Gasteiger partial charge in [-0.25, -0.2) is 4.39 Å². The Morgan fingerprint density at radius 1 is 0.708 bits per heavy atom. The molecular weight excluding hydrogens is 366 g/mol. The summed E-state index contributed by atoms with van der Waals surface area (Å²) in [5.41, 5.74) is 5.77. The van der Waals surface area contributed by atoms with Gasteiger partial charge in [0.25, 0.3) is 0 Å². The Balaban J connectivity index is 2.01. The molecule has 24 heavy (non-hydrogen) atoms. The first kappa shape index (κ1) is 15.7. The molecule has 0 bridgehead atoms. The van der Waals surface area contributed by atoms with E-state index in [4.69, 9.17) is 34.8 Å². The third kappa shape index (κ3) is 2.63. The minimum atomic E-state index is -0.265.